The van der Waals surface area contributed by atoms with Gasteiger partial charge in [0.15, 0.2) is 11.5 Å². The molecule has 1 aliphatic carbocycles. The van der Waals surface area contributed by atoms with Crippen LogP contribution in [0.3, 0.4) is 0 Å². The van der Waals surface area contributed by atoms with Crippen LogP contribution in [0.2, 0.25) is 0 Å². The second kappa shape index (κ2) is 5.11. The average Bonchev–Trinajstić information content (AvgIpc) is 3.20. The summed E-state index contributed by atoms with van der Waals surface area (Å²) in [5.41, 5.74) is 1.90. The first-order valence-corrected chi connectivity index (χ1v) is 6.36. The summed E-state index contributed by atoms with van der Waals surface area (Å²) < 4.78 is 15.5. The van der Waals surface area contributed by atoms with Gasteiger partial charge in [-0.2, -0.15) is 0 Å². The fourth-order valence-corrected chi connectivity index (χ4v) is 2.40. The van der Waals surface area contributed by atoms with Crippen molar-refractivity contribution < 1.29 is 19.0 Å². The fourth-order valence-electron chi connectivity index (χ4n) is 2.40. The van der Waals surface area contributed by atoms with Crippen molar-refractivity contribution in [3.8, 4) is 11.5 Å². The van der Waals surface area contributed by atoms with Crippen molar-refractivity contribution in [2.45, 2.75) is 26.2 Å². The van der Waals surface area contributed by atoms with Crippen LogP contribution >= 0.6 is 0 Å². The lowest BCUT2D eigenvalue weighted by Gasteiger charge is -2.16. The molecule has 2 rings (SSSR count). The number of aryl methyl sites for hydroxylation is 1. The number of rotatable bonds is 5. The molecule has 1 saturated carbocycles. The standard InChI is InChI=1S/C15H20O4/c1-10-7-12(17-2)13(18-3)8-11(10)9-15(5-6-15)14(16)19-4/h7-8H,5-6,9H2,1-4H3. The molecule has 0 aliphatic heterocycles. The second-order valence-corrected chi connectivity index (χ2v) is 5.08. The molecule has 0 bridgehead atoms. The van der Waals surface area contributed by atoms with Crippen molar-refractivity contribution in [1.29, 1.82) is 0 Å². The van der Waals surface area contributed by atoms with E-state index in [0.29, 0.717) is 17.9 Å². The Labute approximate surface area is 113 Å². The van der Waals surface area contributed by atoms with Crippen LogP contribution in [-0.2, 0) is 16.0 Å². The summed E-state index contributed by atoms with van der Waals surface area (Å²) >= 11 is 0. The van der Waals surface area contributed by atoms with Crippen molar-refractivity contribution in [2.75, 3.05) is 21.3 Å². The minimum Gasteiger partial charge on any atom is -0.493 e. The molecule has 1 aromatic carbocycles. The number of carbonyl (C=O) groups excluding carboxylic acids is 1. The van der Waals surface area contributed by atoms with E-state index in [2.05, 4.69) is 0 Å². The Kier molecular flexibility index (Phi) is 3.69. The van der Waals surface area contributed by atoms with Gasteiger partial charge in [0.05, 0.1) is 26.7 Å². The molecule has 0 heterocycles. The molecule has 1 aliphatic rings. The highest BCUT2D eigenvalue weighted by atomic mass is 16.5. The highest BCUT2D eigenvalue weighted by Crippen LogP contribution is 2.50. The number of benzene rings is 1. The largest absolute Gasteiger partial charge is 0.493 e. The number of methoxy groups -OCH3 is 3. The SMILES string of the molecule is COC(=O)C1(Cc2cc(OC)c(OC)cc2C)CC1. The van der Waals surface area contributed by atoms with Crippen LogP contribution in [0.5, 0.6) is 11.5 Å². The number of esters is 1. The first-order chi connectivity index (χ1) is 9.06. The Hall–Kier alpha value is -1.71. The lowest BCUT2D eigenvalue weighted by atomic mass is 9.93. The molecular formula is C15H20O4. The molecule has 1 fully saturated rings. The van der Waals surface area contributed by atoms with Gasteiger partial charge < -0.3 is 14.2 Å². The smallest absolute Gasteiger partial charge is 0.312 e. The summed E-state index contributed by atoms with van der Waals surface area (Å²) in [7, 11) is 4.68. The highest BCUT2D eigenvalue weighted by Gasteiger charge is 2.51. The predicted molar refractivity (Wildman–Crippen MR) is 71.7 cm³/mol. The Morgan fingerprint density at radius 2 is 1.74 bits per heavy atom. The molecule has 0 atom stereocenters. The van der Waals surface area contributed by atoms with Gasteiger partial charge in [0, 0.05) is 0 Å². The van der Waals surface area contributed by atoms with E-state index in [1.165, 1.54) is 7.11 Å². The molecule has 1 aromatic rings. The average molecular weight is 264 g/mol. The lowest BCUT2D eigenvalue weighted by molar-refractivity contribution is -0.147. The van der Waals surface area contributed by atoms with Gasteiger partial charge in [-0.1, -0.05) is 0 Å². The van der Waals surface area contributed by atoms with Gasteiger partial charge in [0.1, 0.15) is 0 Å². The number of carbonyl (C=O) groups is 1. The van der Waals surface area contributed by atoms with Gasteiger partial charge in [-0.05, 0) is 49.4 Å². The van der Waals surface area contributed by atoms with Crippen LogP contribution < -0.4 is 9.47 Å². The van der Waals surface area contributed by atoms with E-state index in [1.54, 1.807) is 14.2 Å². The third-order valence-corrected chi connectivity index (χ3v) is 3.84. The van der Waals surface area contributed by atoms with E-state index < -0.39 is 0 Å². The third-order valence-electron chi connectivity index (χ3n) is 3.84. The molecule has 0 amide bonds. The van der Waals surface area contributed by atoms with Gasteiger partial charge in [-0.15, -0.1) is 0 Å². The van der Waals surface area contributed by atoms with Gasteiger partial charge in [0.2, 0.25) is 0 Å². The molecule has 0 unspecified atom stereocenters. The molecule has 0 aromatic heterocycles. The molecule has 0 spiro atoms. The van der Waals surface area contributed by atoms with Crippen molar-refractivity contribution in [1.82, 2.24) is 0 Å². The summed E-state index contributed by atoms with van der Waals surface area (Å²) in [6, 6.07) is 3.90. The van der Waals surface area contributed by atoms with Crippen LogP contribution in [0, 0.1) is 12.3 Å². The Bertz CT molecular complexity index is 489. The van der Waals surface area contributed by atoms with E-state index in [9.17, 15) is 4.79 Å². The minimum absolute atomic E-state index is 0.110. The van der Waals surface area contributed by atoms with E-state index in [4.69, 9.17) is 14.2 Å². The first-order valence-electron chi connectivity index (χ1n) is 6.36. The molecule has 0 N–H and O–H groups in total. The third kappa shape index (κ3) is 2.53. The molecule has 19 heavy (non-hydrogen) atoms. The summed E-state index contributed by atoms with van der Waals surface area (Å²) in [5.74, 6) is 1.30. The van der Waals surface area contributed by atoms with Gasteiger partial charge in [0.25, 0.3) is 0 Å². The van der Waals surface area contributed by atoms with Gasteiger partial charge in [-0.3, -0.25) is 4.79 Å². The topological polar surface area (TPSA) is 44.8 Å². The molecule has 4 nitrogen and oxygen atoms in total. The van der Waals surface area contributed by atoms with E-state index in [0.717, 1.165) is 24.0 Å². The zero-order valence-corrected chi connectivity index (χ0v) is 11.9. The van der Waals surface area contributed by atoms with Crippen LogP contribution in [0.25, 0.3) is 0 Å². The summed E-state index contributed by atoms with van der Waals surface area (Å²) in [6.07, 6.45) is 2.49. The maximum absolute atomic E-state index is 11.8. The van der Waals surface area contributed by atoms with Crippen molar-refractivity contribution in [2.24, 2.45) is 5.41 Å². The highest BCUT2D eigenvalue weighted by molar-refractivity contribution is 5.80. The summed E-state index contributed by atoms with van der Waals surface area (Å²) in [6.45, 7) is 2.02. The second-order valence-electron chi connectivity index (χ2n) is 5.08. The maximum atomic E-state index is 11.8. The lowest BCUT2D eigenvalue weighted by Crippen LogP contribution is -2.20. The molecule has 0 saturated heterocycles. The Morgan fingerprint density at radius 1 is 1.16 bits per heavy atom. The van der Waals surface area contributed by atoms with E-state index in [-0.39, 0.29) is 11.4 Å². The van der Waals surface area contributed by atoms with Crippen LogP contribution in [0.1, 0.15) is 24.0 Å². The van der Waals surface area contributed by atoms with Gasteiger partial charge >= 0.3 is 5.97 Å². The Balaban J connectivity index is 2.28. The first kappa shape index (κ1) is 13.7. The molecule has 104 valence electrons. The number of ether oxygens (including phenoxy) is 3. The zero-order chi connectivity index (χ0) is 14.0. The van der Waals surface area contributed by atoms with E-state index in [1.807, 2.05) is 19.1 Å². The quantitative estimate of drug-likeness (QED) is 0.766. The zero-order valence-electron chi connectivity index (χ0n) is 11.9. The van der Waals surface area contributed by atoms with E-state index >= 15 is 0 Å². The summed E-state index contributed by atoms with van der Waals surface area (Å²) in [5, 5.41) is 0. The molecule has 4 heteroatoms. The minimum atomic E-state index is -0.320. The Morgan fingerprint density at radius 3 is 2.21 bits per heavy atom. The summed E-state index contributed by atoms with van der Waals surface area (Å²) in [4.78, 5) is 11.8. The van der Waals surface area contributed by atoms with Crippen LogP contribution in [-0.4, -0.2) is 27.3 Å². The number of hydrogen-bond acceptors (Lipinski definition) is 4. The van der Waals surface area contributed by atoms with Gasteiger partial charge in [-0.25, -0.2) is 0 Å². The van der Waals surface area contributed by atoms with Crippen LogP contribution in [0.4, 0.5) is 0 Å². The van der Waals surface area contributed by atoms with Crippen molar-refractivity contribution >= 4 is 5.97 Å². The van der Waals surface area contributed by atoms with Crippen molar-refractivity contribution in [3.05, 3.63) is 23.3 Å². The monoisotopic (exact) mass is 264 g/mol. The number of hydrogen-bond donors (Lipinski definition) is 0. The fraction of sp³-hybridized carbons (Fsp3) is 0.533. The normalized spacial score (nSPS) is 15.8. The molecular weight excluding hydrogens is 244 g/mol. The molecule has 0 radical (unpaired) electrons. The van der Waals surface area contributed by atoms with Crippen molar-refractivity contribution in [3.63, 3.8) is 0 Å². The maximum Gasteiger partial charge on any atom is 0.312 e. The predicted octanol–water partition coefficient (Wildman–Crippen LogP) is 2.51. The van der Waals surface area contributed by atoms with Crippen LogP contribution in [0.15, 0.2) is 12.1 Å².